The van der Waals surface area contributed by atoms with Gasteiger partial charge in [-0.2, -0.15) is 23.3 Å². The second kappa shape index (κ2) is 6.63. The minimum absolute atomic E-state index is 0.322. The number of ether oxygens (including phenoxy) is 1. The van der Waals surface area contributed by atoms with Crippen molar-refractivity contribution in [1.29, 1.82) is 0 Å². The summed E-state index contributed by atoms with van der Waals surface area (Å²) >= 11 is 0. The summed E-state index contributed by atoms with van der Waals surface area (Å²) in [6.07, 6.45) is -1.43. The summed E-state index contributed by atoms with van der Waals surface area (Å²) in [5.41, 5.74) is -0.870. The Morgan fingerprint density at radius 2 is 1.92 bits per heavy atom. The Hall–Kier alpha value is -2.36. The molecule has 0 aromatic carbocycles. The van der Waals surface area contributed by atoms with Gasteiger partial charge in [0, 0.05) is 44.6 Å². The van der Waals surface area contributed by atoms with Crippen LogP contribution in [0.2, 0.25) is 0 Å². The van der Waals surface area contributed by atoms with Crippen LogP contribution in [0.4, 0.5) is 19.1 Å². The van der Waals surface area contributed by atoms with E-state index in [-0.39, 0.29) is 0 Å². The average Bonchev–Trinajstić information content (AvgIpc) is 3.04. The lowest BCUT2D eigenvalue weighted by molar-refractivity contribution is -0.141. The molecule has 3 heterocycles. The molecule has 10 heteroatoms. The Kier molecular flexibility index (Phi) is 4.56. The number of rotatable bonds is 4. The van der Waals surface area contributed by atoms with E-state index in [4.69, 9.17) is 4.74 Å². The second-order valence-electron chi connectivity index (χ2n) is 5.38. The number of halogens is 3. The third kappa shape index (κ3) is 3.75. The highest BCUT2D eigenvalue weighted by Crippen LogP contribution is 2.27. The number of piperazine rings is 1. The molecule has 0 unspecified atom stereocenters. The van der Waals surface area contributed by atoms with Crippen LogP contribution in [0.25, 0.3) is 0 Å². The van der Waals surface area contributed by atoms with E-state index >= 15 is 0 Å². The summed E-state index contributed by atoms with van der Waals surface area (Å²) in [5, 5.41) is 3.57. The van der Waals surface area contributed by atoms with Gasteiger partial charge in [0.15, 0.2) is 5.69 Å². The largest absolute Gasteiger partial charge is 0.481 e. The zero-order valence-electron chi connectivity index (χ0n) is 13.1. The molecule has 3 rings (SSSR count). The molecule has 0 aliphatic carbocycles. The van der Waals surface area contributed by atoms with Crippen molar-refractivity contribution in [2.75, 3.05) is 38.2 Å². The Balaban J connectivity index is 1.56. The van der Waals surface area contributed by atoms with Crippen LogP contribution in [-0.4, -0.2) is 57.9 Å². The van der Waals surface area contributed by atoms with Crippen molar-refractivity contribution in [3.63, 3.8) is 0 Å². The van der Waals surface area contributed by atoms with E-state index in [9.17, 15) is 13.2 Å². The molecule has 24 heavy (non-hydrogen) atoms. The van der Waals surface area contributed by atoms with Crippen LogP contribution in [0.3, 0.4) is 0 Å². The maximum Gasteiger partial charge on any atom is 0.435 e. The van der Waals surface area contributed by atoms with Crippen molar-refractivity contribution >= 4 is 5.95 Å². The lowest BCUT2D eigenvalue weighted by atomic mass is 10.3. The molecule has 1 aliphatic rings. The predicted octanol–water partition coefficient (Wildman–Crippen LogP) is 1.48. The van der Waals surface area contributed by atoms with E-state index < -0.39 is 11.9 Å². The Bertz CT molecular complexity index is 681. The molecular weight excluding hydrogens is 325 g/mol. The lowest BCUT2D eigenvalue weighted by Gasteiger charge is -2.34. The molecule has 2 aromatic rings. The summed E-state index contributed by atoms with van der Waals surface area (Å²) in [5.74, 6) is 1.09. The molecule has 0 spiro atoms. The summed E-state index contributed by atoms with van der Waals surface area (Å²) in [6.45, 7) is 3.05. The Morgan fingerprint density at radius 1 is 1.17 bits per heavy atom. The van der Waals surface area contributed by atoms with Crippen LogP contribution in [0.1, 0.15) is 5.69 Å². The van der Waals surface area contributed by atoms with Gasteiger partial charge >= 0.3 is 6.18 Å². The number of nitrogens with zero attached hydrogens (tertiary/aromatic N) is 6. The lowest BCUT2D eigenvalue weighted by Crippen LogP contribution is -2.47. The molecule has 0 saturated carbocycles. The Morgan fingerprint density at radius 3 is 2.54 bits per heavy atom. The molecule has 130 valence electrons. The van der Waals surface area contributed by atoms with Crippen molar-refractivity contribution in [2.45, 2.75) is 12.8 Å². The van der Waals surface area contributed by atoms with E-state index in [2.05, 4.69) is 15.1 Å². The first kappa shape index (κ1) is 16.5. The third-order valence-electron chi connectivity index (χ3n) is 3.76. The molecule has 0 atom stereocenters. The van der Waals surface area contributed by atoms with Gasteiger partial charge in [-0.3, -0.25) is 9.58 Å². The van der Waals surface area contributed by atoms with Gasteiger partial charge in [0.2, 0.25) is 11.8 Å². The fraction of sp³-hybridized carbons (Fsp3) is 0.500. The van der Waals surface area contributed by atoms with Gasteiger partial charge < -0.3 is 9.64 Å². The fourth-order valence-electron chi connectivity index (χ4n) is 2.48. The van der Waals surface area contributed by atoms with Crippen molar-refractivity contribution < 1.29 is 17.9 Å². The fourth-order valence-corrected chi connectivity index (χ4v) is 2.48. The Labute approximate surface area is 136 Å². The molecule has 0 bridgehead atoms. The minimum Gasteiger partial charge on any atom is -0.481 e. The van der Waals surface area contributed by atoms with Crippen molar-refractivity contribution in [2.24, 2.45) is 0 Å². The number of hydrogen-bond acceptors (Lipinski definition) is 6. The van der Waals surface area contributed by atoms with Gasteiger partial charge in [-0.15, -0.1) is 0 Å². The standard InChI is InChI=1S/C14H17F3N6O/c1-24-12-2-4-18-13(19-12)22-8-6-21(7-9-22)10-23-5-3-11(20-23)14(15,16)17/h2-5H,6-10H2,1H3. The van der Waals surface area contributed by atoms with Crippen LogP contribution in [0, 0.1) is 0 Å². The molecule has 0 radical (unpaired) electrons. The topological polar surface area (TPSA) is 59.3 Å². The first-order chi connectivity index (χ1) is 11.5. The normalized spacial score (nSPS) is 16.4. The summed E-state index contributed by atoms with van der Waals surface area (Å²) in [4.78, 5) is 12.6. The van der Waals surface area contributed by atoms with E-state index in [1.165, 1.54) is 10.9 Å². The number of aromatic nitrogens is 4. The summed E-state index contributed by atoms with van der Waals surface area (Å²) in [6, 6.07) is 2.66. The molecule has 0 amide bonds. The highest BCUT2D eigenvalue weighted by molar-refractivity contribution is 5.32. The van der Waals surface area contributed by atoms with Gasteiger partial charge in [0.25, 0.3) is 0 Å². The van der Waals surface area contributed by atoms with Crippen LogP contribution >= 0.6 is 0 Å². The summed E-state index contributed by atoms with van der Waals surface area (Å²) in [7, 11) is 1.54. The van der Waals surface area contributed by atoms with Gasteiger partial charge in [-0.1, -0.05) is 0 Å². The van der Waals surface area contributed by atoms with Gasteiger partial charge in [0.1, 0.15) is 0 Å². The highest BCUT2D eigenvalue weighted by atomic mass is 19.4. The van der Waals surface area contributed by atoms with Crippen LogP contribution in [-0.2, 0) is 12.8 Å². The van der Waals surface area contributed by atoms with Gasteiger partial charge in [0.05, 0.1) is 13.8 Å². The zero-order valence-corrected chi connectivity index (χ0v) is 13.1. The average molecular weight is 342 g/mol. The zero-order chi connectivity index (χ0) is 17.2. The number of hydrogen-bond donors (Lipinski definition) is 0. The molecule has 7 nitrogen and oxygen atoms in total. The third-order valence-corrected chi connectivity index (χ3v) is 3.76. The van der Waals surface area contributed by atoms with E-state index in [0.717, 1.165) is 6.07 Å². The maximum atomic E-state index is 12.6. The molecular formula is C14H17F3N6O. The van der Waals surface area contributed by atoms with E-state index in [0.29, 0.717) is 44.7 Å². The smallest absolute Gasteiger partial charge is 0.435 e. The predicted molar refractivity (Wildman–Crippen MR) is 79.6 cm³/mol. The van der Waals surface area contributed by atoms with E-state index in [1.807, 2.05) is 9.80 Å². The van der Waals surface area contributed by atoms with E-state index in [1.54, 1.807) is 19.4 Å². The monoisotopic (exact) mass is 342 g/mol. The van der Waals surface area contributed by atoms with Crippen LogP contribution in [0.5, 0.6) is 5.88 Å². The summed E-state index contributed by atoms with van der Waals surface area (Å²) < 4.78 is 44.1. The highest BCUT2D eigenvalue weighted by Gasteiger charge is 2.33. The molecule has 1 aliphatic heterocycles. The molecule has 1 saturated heterocycles. The second-order valence-corrected chi connectivity index (χ2v) is 5.38. The van der Waals surface area contributed by atoms with Crippen LogP contribution in [0.15, 0.2) is 24.5 Å². The van der Waals surface area contributed by atoms with Crippen molar-refractivity contribution in [3.8, 4) is 5.88 Å². The SMILES string of the molecule is COc1ccnc(N2CCN(Cn3ccc(C(F)(F)F)n3)CC2)n1. The number of methoxy groups -OCH3 is 1. The minimum atomic E-state index is -4.41. The first-order valence-electron chi connectivity index (χ1n) is 7.41. The van der Waals surface area contributed by atoms with Gasteiger partial charge in [-0.05, 0) is 6.07 Å². The van der Waals surface area contributed by atoms with Crippen molar-refractivity contribution in [1.82, 2.24) is 24.6 Å². The number of alkyl halides is 3. The van der Waals surface area contributed by atoms with Gasteiger partial charge in [-0.25, -0.2) is 4.98 Å². The van der Waals surface area contributed by atoms with Crippen LogP contribution < -0.4 is 9.64 Å². The first-order valence-corrected chi connectivity index (χ1v) is 7.41. The molecule has 2 aromatic heterocycles. The number of anilines is 1. The quantitative estimate of drug-likeness (QED) is 0.839. The van der Waals surface area contributed by atoms with Crippen molar-refractivity contribution in [3.05, 3.63) is 30.2 Å². The maximum absolute atomic E-state index is 12.6. The molecule has 0 N–H and O–H groups in total. The molecule has 1 fully saturated rings.